The third-order valence-electron chi connectivity index (χ3n) is 4.92. The van der Waals surface area contributed by atoms with Crippen LogP contribution in [0, 0.1) is 6.92 Å². The number of carbonyl (C=O) groups excluding carboxylic acids is 1. The van der Waals surface area contributed by atoms with E-state index in [1.165, 1.54) is 12.8 Å². The number of hydrogen-bond donors (Lipinski definition) is 1. The van der Waals surface area contributed by atoms with Gasteiger partial charge in [0.25, 0.3) is 0 Å². The Morgan fingerprint density at radius 3 is 2.88 bits per heavy atom. The molecule has 1 atom stereocenters. The van der Waals surface area contributed by atoms with Crippen LogP contribution >= 0.6 is 0 Å². The first-order valence-corrected chi connectivity index (χ1v) is 8.93. The summed E-state index contributed by atoms with van der Waals surface area (Å²) in [6, 6.07) is 5.53. The summed E-state index contributed by atoms with van der Waals surface area (Å²) in [4.78, 5) is 21.4. The van der Waals surface area contributed by atoms with Crippen LogP contribution in [0.3, 0.4) is 0 Å². The summed E-state index contributed by atoms with van der Waals surface area (Å²) in [7, 11) is 0. The van der Waals surface area contributed by atoms with Gasteiger partial charge in [-0.15, -0.1) is 0 Å². The summed E-state index contributed by atoms with van der Waals surface area (Å²) in [5, 5.41) is 7.01. The van der Waals surface area contributed by atoms with Crippen LogP contribution in [0.4, 0.5) is 16.3 Å². The van der Waals surface area contributed by atoms with E-state index in [9.17, 15) is 4.79 Å². The maximum atomic E-state index is 12.9. The molecule has 2 saturated heterocycles. The fourth-order valence-electron chi connectivity index (χ4n) is 3.71. The van der Waals surface area contributed by atoms with Gasteiger partial charge in [0.1, 0.15) is 0 Å². The number of urea groups is 1. The first-order chi connectivity index (χ1) is 12.2. The zero-order valence-corrected chi connectivity index (χ0v) is 14.4. The van der Waals surface area contributed by atoms with Crippen molar-refractivity contribution in [3.63, 3.8) is 0 Å². The van der Waals surface area contributed by atoms with E-state index in [-0.39, 0.29) is 12.1 Å². The number of aromatic nitrogens is 2. The predicted molar refractivity (Wildman–Crippen MR) is 94.6 cm³/mol. The molecular weight excluding hydrogens is 318 g/mol. The van der Waals surface area contributed by atoms with E-state index in [1.807, 2.05) is 30.0 Å². The second-order valence-electron chi connectivity index (χ2n) is 6.72. The maximum Gasteiger partial charge on any atom is 0.322 e. The molecule has 2 aromatic heterocycles. The van der Waals surface area contributed by atoms with Crippen molar-refractivity contribution >= 4 is 17.5 Å². The molecule has 0 saturated carbocycles. The summed E-state index contributed by atoms with van der Waals surface area (Å²) >= 11 is 0. The van der Waals surface area contributed by atoms with E-state index in [2.05, 4.69) is 20.4 Å². The maximum absolute atomic E-state index is 12.9. The highest BCUT2D eigenvalue weighted by Crippen LogP contribution is 2.33. The molecule has 2 aliphatic heterocycles. The lowest BCUT2D eigenvalue weighted by Crippen LogP contribution is -2.35. The minimum absolute atomic E-state index is 0.0480. The number of amides is 2. The van der Waals surface area contributed by atoms with E-state index in [0.717, 1.165) is 55.4 Å². The van der Waals surface area contributed by atoms with E-state index in [1.54, 1.807) is 6.20 Å². The average Bonchev–Trinajstić information content (AvgIpc) is 3.36. The van der Waals surface area contributed by atoms with Gasteiger partial charge in [0, 0.05) is 31.9 Å². The molecule has 4 heterocycles. The molecule has 0 unspecified atom stereocenters. The average molecular weight is 341 g/mol. The van der Waals surface area contributed by atoms with Gasteiger partial charge in [-0.3, -0.25) is 0 Å². The van der Waals surface area contributed by atoms with Crippen molar-refractivity contribution in [2.24, 2.45) is 0 Å². The molecule has 25 heavy (non-hydrogen) atoms. The Hall–Kier alpha value is -2.57. The first-order valence-electron chi connectivity index (χ1n) is 8.93. The van der Waals surface area contributed by atoms with Gasteiger partial charge in [-0.05, 0) is 44.7 Å². The van der Waals surface area contributed by atoms with Crippen molar-refractivity contribution in [3.05, 3.63) is 35.9 Å². The minimum atomic E-state index is -0.106. The molecule has 2 aliphatic rings. The van der Waals surface area contributed by atoms with Crippen LogP contribution in [0.5, 0.6) is 0 Å². The largest absolute Gasteiger partial charge is 0.359 e. The van der Waals surface area contributed by atoms with Gasteiger partial charge in [0.15, 0.2) is 11.6 Å². The number of pyridine rings is 1. The second-order valence-corrected chi connectivity index (χ2v) is 6.72. The molecule has 0 aliphatic carbocycles. The summed E-state index contributed by atoms with van der Waals surface area (Å²) in [6.07, 6.45) is 5.98. The fraction of sp³-hybridized carbons (Fsp3) is 0.500. The SMILES string of the molecule is Cc1cc([C@@H]2CCCN2C(=O)Nc2cccnc2N2CCCC2)on1. The van der Waals surface area contributed by atoms with Gasteiger partial charge in [0.2, 0.25) is 0 Å². The molecule has 0 radical (unpaired) electrons. The van der Waals surface area contributed by atoms with Crippen LogP contribution in [0.1, 0.15) is 43.2 Å². The molecule has 0 bridgehead atoms. The van der Waals surface area contributed by atoms with Crippen LogP contribution in [-0.2, 0) is 0 Å². The molecule has 2 fully saturated rings. The molecule has 132 valence electrons. The van der Waals surface area contributed by atoms with E-state index >= 15 is 0 Å². The minimum Gasteiger partial charge on any atom is -0.359 e. The van der Waals surface area contributed by atoms with Crippen molar-refractivity contribution in [3.8, 4) is 0 Å². The van der Waals surface area contributed by atoms with Crippen molar-refractivity contribution in [1.82, 2.24) is 15.0 Å². The number of nitrogens with one attached hydrogen (secondary N) is 1. The lowest BCUT2D eigenvalue weighted by atomic mass is 10.1. The summed E-state index contributed by atoms with van der Waals surface area (Å²) in [6.45, 7) is 4.59. The van der Waals surface area contributed by atoms with Crippen molar-refractivity contribution in [2.75, 3.05) is 29.9 Å². The fourth-order valence-corrected chi connectivity index (χ4v) is 3.71. The zero-order valence-electron chi connectivity index (χ0n) is 14.4. The molecule has 2 aromatic rings. The van der Waals surface area contributed by atoms with Crippen molar-refractivity contribution in [2.45, 2.75) is 38.6 Å². The van der Waals surface area contributed by atoms with Crippen molar-refractivity contribution in [1.29, 1.82) is 0 Å². The predicted octanol–water partition coefficient (Wildman–Crippen LogP) is 3.35. The van der Waals surface area contributed by atoms with Gasteiger partial charge in [-0.2, -0.15) is 0 Å². The van der Waals surface area contributed by atoms with Gasteiger partial charge < -0.3 is 19.6 Å². The molecule has 1 N–H and O–H groups in total. The Kier molecular flexibility index (Phi) is 4.29. The number of nitrogens with zero attached hydrogens (tertiary/aromatic N) is 4. The molecule has 0 aromatic carbocycles. The Balaban J connectivity index is 1.52. The second kappa shape index (κ2) is 6.74. The van der Waals surface area contributed by atoms with Crippen LogP contribution in [0.2, 0.25) is 0 Å². The smallest absolute Gasteiger partial charge is 0.322 e. The standard InChI is InChI=1S/C18H23N5O2/c1-13-12-16(25-21-13)15-7-5-11-23(15)18(24)20-14-6-4-8-19-17(14)22-9-2-3-10-22/h4,6,8,12,15H,2-3,5,7,9-11H2,1H3,(H,20,24)/t15-/m0/s1. The lowest BCUT2D eigenvalue weighted by molar-refractivity contribution is 0.195. The monoisotopic (exact) mass is 341 g/mol. The number of likely N-dealkylation sites (tertiary alicyclic amines) is 1. The number of anilines is 2. The van der Waals surface area contributed by atoms with Crippen molar-refractivity contribution < 1.29 is 9.32 Å². The Morgan fingerprint density at radius 2 is 2.12 bits per heavy atom. The number of rotatable bonds is 3. The zero-order chi connectivity index (χ0) is 17.2. The van der Waals surface area contributed by atoms with Crippen LogP contribution < -0.4 is 10.2 Å². The van der Waals surface area contributed by atoms with E-state index in [0.29, 0.717) is 0 Å². The topological polar surface area (TPSA) is 74.5 Å². The molecule has 4 rings (SSSR count). The van der Waals surface area contributed by atoms with Gasteiger partial charge in [-0.1, -0.05) is 5.16 Å². The summed E-state index contributed by atoms with van der Waals surface area (Å²) in [5.41, 5.74) is 1.61. The van der Waals surface area contributed by atoms with Crippen LogP contribution in [0.15, 0.2) is 28.9 Å². The first kappa shape index (κ1) is 15.9. The third kappa shape index (κ3) is 3.18. The molecule has 7 heteroatoms. The Morgan fingerprint density at radius 1 is 1.28 bits per heavy atom. The molecular formula is C18H23N5O2. The molecule has 7 nitrogen and oxygen atoms in total. The van der Waals surface area contributed by atoms with E-state index in [4.69, 9.17) is 4.52 Å². The third-order valence-corrected chi connectivity index (χ3v) is 4.92. The summed E-state index contributed by atoms with van der Waals surface area (Å²) in [5.74, 6) is 1.62. The normalized spacial score (nSPS) is 20.3. The van der Waals surface area contributed by atoms with Gasteiger partial charge in [0.05, 0.1) is 17.4 Å². The Labute approximate surface area is 147 Å². The van der Waals surface area contributed by atoms with Gasteiger partial charge in [-0.25, -0.2) is 9.78 Å². The van der Waals surface area contributed by atoms with E-state index < -0.39 is 0 Å². The Bertz CT molecular complexity index is 753. The molecule has 0 spiro atoms. The summed E-state index contributed by atoms with van der Waals surface area (Å²) < 4.78 is 5.39. The van der Waals surface area contributed by atoms with Crippen LogP contribution in [0.25, 0.3) is 0 Å². The quantitative estimate of drug-likeness (QED) is 0.927. The lowest BCUT2D eigenvalue weighted by Gasteiger charge is -2.25. The molecule has 2 amide bonds. The highest BCUT2D eigenvalue weighted by molar-refractivity contribution is 5.92. The number of aryl methyl sites for hydroxylation is 1. The number of hydrogen-bond acceptors (Lipinski definition) is 5. The highest BCUT2D eigenvalue weighted by atomic mass is 16.5. The number of carbonyl (C=O) groups is 1. The highest BCUT2D eigenvalue weighted by Gasteiger charge is 2.33. The van der Waals surface area contributed by atoms with Gasteiger partial charge >= 0.3 is 6.03 Å². The van der Waals surface area contributed by atoms with Crippen LogP contribution in [-0.4, -0.2) is 40.7 Å².